The first-order chi connectivity index (χ1) is 14.7. The quantitative estimate of drug-likeness (QED) is 0.252. The van der Waals surface area contributed by atoms with Crippen molar-refractivity contribution in [2.24, 2.45) is 0 Å². The highest BCUT2D eigenvalue weighted by Gasteiger charge is 2.26. The van der Waals surface area contributed by atoms with Crippen molar-refractivity contribution in [3.05, 3.63) is 57.6 Å². The number of esters is 1. The Balaban J connectivity index is 2.17. The molecule has 0 bridgehead atoms. The van der Waals surface area contributed by atoms with E-state index in [0.29, 0.717) is 28.8 Å². The van der Waals surface area contributed by atoms with Crippen molar-refractivity contribution in [2.45, 2.75) is 38.7 Å². The summed E-state index contributed by atoms with van der Waals surface area (Å²) in [5.41, 5.74) is 1.59. The summed E-state index contributed by atoms with van der Waals surface area (Å²) in [5, 5.41) is 9.57. The van der Waals surface area contributed by atoms with Gasteiger partial charge in [-0.1, -0.05) is 49.2 Å². The summed E-state index contributed by atoms with van der Waals surface area (Å²) in [4.78, 5) is 11.1. The molecule has 0 spiro atoms. The fraction of sp³-hybridized carbons (Fsp3) is 0.435. The molecule has 0 aliphatic heterocycles. The second-order valence-corrected chi connectivity index (χ2v) is 8.66. The zero-order valence-electron chi connectivity index (χ0n) is 17.8. The number of carbonyl (C=O) groups is 1. The summed E-state index contributed by atoms with van der Waals surface area (Å²) in [7, 11) is 0. The third-order valence-corrected chi connectivity index (χ3v) is 5.69. The molecule has 2 rings (SSSR count). The molecule has 2 aromatic rings. The van der Waals surface area contributed by atoms with Crippen LogP contribution in [0.15, 0.2) is 36.4 Å². The molecule has 1 unspecified atom stereocenters. The van der Waals surface area contributed by atoms with Gasteiger partial charge in [0, 0.05) is 25.4 Å². The van der Waals surface area contributed by atoms with Crippen LogP contribution in [0.4, 0.5) is 0 Å². The maximum Gasteiger partial charge on any atom is 0.303 e. The van der Waals surface area contributed by atoms with Crippen LogP contribution in [0.1, 0.15) is 38.3 Å². The maximum atomic E-state index is 11.1. The van der Waals surface area contributed by atoms with Gasteiger partial charge in [0.15, 0.2) is 5.75 Å². The molecular formula is C23H27Cl3O5. The molecule has 170 valence electrons. The van der Waals surface area contributed by atoms with E-state index < -0.39 is 12.1 Å². The highest BCUT2D eigenvalue weighted by Crippen LogP contribution is 2.40. The molecule has 0 amide bonds. The molecule has 0 saturated heterocycles. The van der Waals surface area contributed by atoms with Gasteiger partial charge >= 0.3 is 5.97 Å². The lowest BCUT2D eigenvalue weighted by molar-refractivity contribution is -0.146. The zero-order valence-corrected chi connectivity index (χ0v) is 20.1. The van der Waals surface area contributed by atoms with Crippen LogP contribution < -0.4 is 9.47 Å². The van der Waals surface area contributed by atoms with Gasteiger partial charge in [0.25, 0.3) is 0 Å². The molecule has 1 atom stereocenters. The van der Waals surface area contributed by atoms with E-state index in [4.69, 9.17) is 54.1 Å². The van der Waals surface area contributed by atoms with Gasteiger partial charge in [-0.15, -0.1) is 11.6 Å². The van der Waals surface area contributed by atoms with Gasteiger partial charge in [0.2, 0.25) is 0 Å². The molecular weight excluding hydrogens is 463 g/mol. The molecule has 0 heterocycles. The lowest BCUT2D eigenvalue weighted by Gasteiger charge is -2.27. The van der Waals surface area contributed by atoms with E-state index in [0.717, 1.165) is 16.9 Å². The molecule has 0 aromatic heterocycles. The van der Waals surface area contributed by atoms with Crippen LogP contribution in [0.2, 0.25) is 10.0 Å². The Morgan fingerprint density at radius 1 is 1.06 bits per heavy atom. The highest BCUT2D eigenvalue weighted by atomic mass is 35.5. The lowest BCUT2D eigenvalue weighted by Crippen LogP contribution is -2.26. The SMILES string of the molecule is CC(=O)OC(CCl)COc1c(Cl)cc(C(C)(C)c2ccc(OCCCO)cc2)cc1Cl. The summed E-state index contributed by atoms with van der Waals surface area (Å²) in [6, 6.07) is 11.4. The van der Waals surface area contributed by atoms with Gasteiger partial charge in [-0.2, -0.15) is 0 Å². The van der Waals surface area contributed by atoms with Gasteiger partial charge in [-0.3, -0.25) is 4.79 Å². The smallest absolute Gasteiger partial charge is 0.303 e. The second-order valence-electron chi connectivity index (χ2n) is 7.54. The number of carbonyl (C=O) groups excluding carboxylic acids is 1. The standard InChI is InChI=1S/C23H27Cl3O5/c1-15(28)31-19(13-24)14-30-22-20(25)11-17(12-21(22)26)23(2,3)16-5-7-18(8-6-16)29-10-4-9-27/h5-8,11-12,19,27H,4,9-10,13-14H2,1-3H3. The van der Waals surface area contributed by atoms with Crippen molar-refractivity contribution < 1.29 is 24.1 Å². The van der Waals surface area contributed by atoms with E-state index in [1.54, 1.807) is 0 Å². The molecule has 0 aliphatic carbocycles. The zero-order chi connectivity index (χ0) is 23.0. The predicted molar refractivity (Wildman–Crippen MR) is 124 cm³/mol. The van der Waals surface area contributed by atoms with Crippen LogP contribution in [-0.2, 0) is 14.9 Å². The molecule has 0 aliphatic rings. The molecule has 8 heteroatoms. The van der Waals surface area contributed by atoms with Crippen LogP contribution in [-0.4, -0.2) is 42.9 Å². The van der Waals surface area contributed by atoms with E-state index in [1.165, 1.54) is 6.92 Å². The number of aliphatic hydroxyl groups excluding tert-OH is 1. The van der Waals surface area contributed by atoms with E-state index in [-0.39, 0.29) is 24.5 Å². The van der Waals surface area contributed by atoms with Crippen molar-refractivity contribution in [1.29, 1.82) is 0 Å². The first-order valence-electron chi connectivity index (χ1n) is 9.88. The molecule has 0 saturated carbocycles. The number of halogens is 3. The molecule has 31 heavy (non-hydrogen) atoms. The van der Waals surface area contributed by atoms with Crippen LogP contribution in [0.5, 0.6) is 11.5 Å². The Labute approximate surface area is 198 Å². The summed E-state index contributed by atoms with van der Waals surface area (Å²) in [6.07, 6.45) is -0.00826. The molecule has 5 nitrogen and oxygen atoms in total. The van der Waals surface area contributed by atoms with E-state index in [2.05, 4.69) is 13.8 Å². The summed E-state index contributed by atoms with van der Waals surface area (Å²) in [6.45, 7) is 6.06. The van der Waals surface area contributed by atoms with Crippen molar-refractivity contribution in [3.8, 4) is 11.5 Å². The van der Waals surface area contributed by atoms with Crippen molar-refractivity contribution in [3.63, 3.8) is 0 Å². The number of aliphatic hydroxyl groups is 1. The summed E-state index contributed by atoms with van der Waals surface area (Å²) in [5.74, 6) is 0.722. The van der Waals surface area contributed by atoms with Gasteiger partial charge in [-0.05, 0) is 35.4 Å². The number of rotatable bonds is 11. The topological polar surface area (TPSA) is 65.0 Å². The average molecular weight is 490 g/mol. The number of hydrogen-bond donors (Lipinski definition) is 1. The minimum atomic E-state index is -0.597. The first kappa shape index (κ1) is 25.6. The number of ether oxygens (including phenoxy) is 3. The number of alkyl halides is 1. The Bertz CT molecular complexity index is 845. The lowest BCUT2D eigenvalue weighted by atomic mass is 9.78. The van der Waals surface area contributed by atoms with Crippen LogP contribution >= 0.6 is 34.8 Å². The summed E-state index contributed by atoms with van der Waals surface area (Å²) < 4.78 is 16.4. The Kier molecular flexibility index (Phi) is 9.76. The molecule has 0 radical (unpaired) electrons. The predicted octanol–water partition coefficient (Wildman–Crippen LogP) is 5.63. The van der Waals surface area contributed by atoms with Crippen LogP contribution in [0.25, 0.3) is 0 Å². The van der Waals surface area contributed by atoms with Gasteiger partial charge in [-0.25, -0.2) is 0 Å². The van der Waals surface area contributed by atoms with Crippen molar-refractivity contribution in [2.75, 3.05) is 25.7 Å². The first-order valence-corrected chi connectivity index (χ1v) is 11.2. The van der Waals surface area contributed by atoms with E-state index in [9.17, 15) is 4.79 Å². The van der Waals surface area contributed by atoms with Gasteiger partial charge in [0.05, 0.1) is 22.5 Å². The molecule has 0 fully saturated rings. The highest BCUT2D eigenvalue weighted by molar-refractivity contribution is 6.37. The third kappa shape index (κ3) is 7.18. The van der Waals surface area contributed by atoms with Crippen molar-refractivity contribution >= 4 is 40.8 Å². The monoisotopic (exact) mass is 488 g/mol. The number of hydrogen-bond acceptors (Lipinski definition) is 5. The fourth-order valence-corrected chi connectivity index (χ4v) is 3.72. The Hall–Kier alpha value is -1.66. The maximum absolute atomic E-state index is 11.1. The minimum Gasteiger partial charge on any atom is -0.494 e. The van der Waals surface area contributed by atoms with Gasteiger partial charge < -0.3 is 19.3 Å². The largest absolute Gasteiger partial charge is 0.494 e. The van der Waals surface area contributed by atoms with Crippen LogP contribution in [0.3, 0.4) is 0 Å². The summed E-state index contributed by atoms with van der Waals surface area (Å²) >= 11 is 18.7. The molecule has 1 N–H and O–H groups in total. The fourth-order valence-electron chi connectivity index (χ4n) is 2.97. The number of benzene rings is 2. The normalized spacial score (nSPS) is 12.4. The third-order valence-electron chi connectivity index (χ3n) is 4.79. The van der Waals surface area contributed by atoms with Crippen LogP contribution in [0, 0.1) is 0 Å². The minimum absolute atomic E-state index is 0.0446. The van der Waals surface area contributed by atoms with Crippen molar-refractivity contribution in [1.82, 2.24) is 0 Å². The second kappa shape index (κ2) is 11.8. The average Bonchev–Trinajstić information content (AvgIpc) is 2.72. The van der Waals surface area contributed by atoms with E-state index >= 15 is 0 Å². The Morgan fingerprint density at radius 3 is 2.19 bits per heavy atom. The molecule has 2 aromatic carbocycles. The van der Waals surface area contributed by atoms with Gasteiger partial charge in [0.1, 0.15) is 18.5 Å². The van der Waals surface area contributed by atoms with E-state index in [1.807, 2.05) is 36.4 Å². The Morgan fingerprint density at radius 2 is 1.68 bits per heavy atom.